The molecule has 0 bridgehead atoms. The van der Waals surface area contributed by atoms with Crippen LogP contribution in [-0.2, 0) is 4.74 Å². The zero-order valence-electron chi connectivity index (χ0n) is 18.9. The molecule has 7 nitrogen and oxygen atoms in total. The summed E-state index contributed by atoms with van der Waals surface area (Å²) in [6.45, 7) is 7.28. The van der Waals surface area contributed by atoms with Gasteiger partial charge in [-0.05, 0) is 56.7 Å². The van der Waals surface area contributed by atoms with E-state index >= 15 is 0 Å². The highest BCUT2D eigenvalue weighted by Gasteiger charge is 2.28. The van der Waals surface area contributed by atoms with Crippen LogP contribution in [0.4, 0.5) is 4.79 Å². The van der Waals surface area contributed by atoms with Crippen LogP contribution in [0.3, 0.4) is 0 Å². The van der Waals surface area contributed by atoms with E-state index in [-0.39, 0.29) is 17.6 Å². The van der Waals surface area contributed by atoms with Gasteiger partial charge in [-0.2, -0.15) is 0 Å². The molecule has 1 aliphatic rings. The highest BCUT2D eigenvalue weighted by Crippen LogP contribution is 2.26. The minimum absolute atomic E-state index is 0.0832. The average molecular weight is 512 g/mol. The lowest BCUT2D eigenvalue weighted by molar-refractivity contribution is 0.0141. The number of hydrogen-bond donors (Lipinski definition) is 1. The van der Waals surface area contributed by atoms with Crippen molar-refractivity contribution in [2.75, 3.05) is 26.2 Å². The van der Waals surface area contributed by atoms with Gasteiger partial charge >= 0.3 is 6.09 Å². The number of carbonyl (C=O) groups excluding carboxylic acids is 2. The van der Waals surface area contributed by atoms with E-state index in [4.69, 9.17) is 4.74 Å². The molecule has 1 aromatic heterocycles. The van der Waals surface area contributed by atoms with Crippen LogP contribution in [0.2, 0.25) is 0 Å². The minimum atomic E-state index is -0.544. The summed E-state index contributed by atoms with van der Waals surface area (Å²) in [5.41, 5.74) is 1.36. The van der Waals surface area contributed by atoms with E-state index in [0.717, 1.165) is 15.4 Å². The molecule has 0 aliphatic carbocycles. The molecule has 0 unspecified atom stereocenters. The number of H-pyrrole nitrogens is 1. The highest BCUT2D eigenvalue weighted by molar-refractivity contribution is 9.10. The van der Waals surface area contributed by atoms with E-state index in [2.05, 4.69) is 20.9 Å². The zero-order chi connectivity index (χ0) is 23.8. The number of aromatic amines is 1. The lowest BCUT2D eigenvalue weighted by atomic mass is 10.0. The molecule has 1 N–H and O–H groups in total. The van der Waals surface area contributed by atoms with Gasteiger partial charge in [0.1, 0.15) is 5.60 Å². The van der Waals surface area contributed by atoms with Gasteiger partial charge in [-0.3, -0.25) is 9.59 Å². The van der Waals surface area contributed by atoms with Gasteiger partial charge in [0.05, 0.1) is 0 Å². The summed E-state index contributed by atoms with van der Waals surface area (Å²) in [6, 6.07) is 14.6. The second-order valence-corrected chi connectivity index (χ2v) is 9.90. The van der Waals surface area contributed by atoms with Crippen molar-refractivity contribution in [3.63, 3.8) is 0 Å². The normalized spacial score (nSPS) is 14.4. The molecule has 0 atom stereocenters. The molecule has 2 aromatic carbocycles. The van der Waals surface area contributed by atoms with E-state index in [1.165, 1.54) is 0 Å². The topological polar surface area (TPSA) is 82.7 Å². The van der Waals surface area contributed by atoms with E-state index in [9.17, 15) is 14.4 Å². The van der Waals surface area contributed by atoms with Crippen molar-refractivity contribution in [3.8, 4) is 11.3 Å². The molecule has 0 saturated carbocycles. The molecule has 0 radical (unpaired) electrons. The number of halogens is 1. The third-order valence-corrected chi connectivity index (χ3v) is 6.19. The summed E-state index contributed by atoms with van der Waals surface area (Å²) in [5.74, 6) is -0.0832. The van der Waals surface area contributed by atoms with Crippen molar-refractivity contribution in [2.24, 2.45) is 0 Å². The molecule has 0 spiro atoms. The van der Waals surface area contributed by atoms with E-state index in [1.807, 2.05) is 51.1 Å². The van der Waals surface area contributed by atoms with Crippen molar-refractivity contribution < 1.29 is 14.3 Å². The Morgan fingerprint density at radius 3 is 2.21 bits per heavy atom. The number of nitrogens with zero attached hydrogens (tertiary/aromatic N) is 2. The molecule has 1 aliphatic heterocycles. The molecular weight excluding hydrogens is 486 g/mol. The van der Waals surface area contributed by atoms with Gasteiger partial charge in [-0.25, -0.2) is 4.79 Å². The maximum Gasteiger partial charge on any atom is 0.410 e. The van der Waals surface area contributed by atoms with Crippen molar-refractivity contribution >= 4 is 38.7 Å². The Balaban J connectivity index is 1.45. The minimum Gasteiger partial charge on any atom is -0.444 e. The molecular formula is C25H26BrN3O4. The number of piperazine rings is 1. The van der Waals surface area contributed by atoms with E-state index < -0.39 is 5.60 Å². The Morgan fingerprint density at radius 2 is 1.58 bits per heavy atom. The number of nitrogens with one attached hydrogen (secondary N) is 1. The number of amides is 2. The summed E-state index contributed by atoms with van der Waals surface area (Å²) >= 11 is 3.50. The number of ether oxygens (including phenoxy) is 1. The summed E-state index contributed by atoms with van der Waals surface area (Å²) in [5, 5.41) is 1.45. The fraction of sp³-hybridized carbons (Fsp3) is 0.320. The molecule has 172 valence electrons. The molecule has 1 fully saturated rings. The predicted octanol–water partition coefficient (Wildman–Crippen LogP) is 4.65. The number of carbonyl (C=O) groups is 2. The Kier molecular flexibility index (Phi) is 6.30. The first kappa shape index (κ1) is 23.0. The zero-order valence-corrected chi connectivity index (χ0v) is 20.4. The SMILES string of the molecule is CC(C)(C)OC(=O)N1CCN(C(=O)c2ccc(-c3cc4c(Br)cccc4c(=O)[nH]3)cc2)CC1. The first-order valence-corrected chi connectivity index (χ1v) is 11.6. The molecule has 1 saturated heterocycles. The number of benzene rings is 2. The Morgan fingerprint density at radius 1 is 0.939 bits per heavy atom. The van der Waals surface area contributed by atoms with Crippen LogP contribution in [0.5, 0.6) is 0 Å². The lowest BCUT2D eigenvalue weighted by Crippen LogP contribution is -2.51. The smallest absolute Gasteiger partial charge is 0.410 e. The van der Waals surface area contributed by atoms with Crippen LogP contribution in [0, 0.1) is 0 Å². The van der Waals surface area contributed by atoms with Crippen molar-refractivity contribution in [2.45, 2.75) is 26.4 Å². The van der Waals surface area contributed by atoms with Gasteiger partial charge in [0.2, 0.25) is 0 Å². The fourth-order valence-corrected chi connectivity index (χ4v) is 4.28. The Bertz CT molecular complexity index is 1250. The van der Waals surface area contributed by atoms with Gasteiger partial charge in [0.15, 0.2) is 0 Å². The van der Waals surface area contributed by atoms with E-state index in [1.54, 1.807) is 28.0 Å². The highest BCUT2D eigenvalue weighted by atomic mass is 79.9. The summed E-state index contributed by atoms with van der Waals surface area (Å²) in [4.78, 5) is 44.0. The molecule has 2 amide bonds. The Hall–Kier alpha value is -3.13. The van der Waals surface area contributed by atoms with Crippen molar-refractivity contribution in [1.82, 2.24) is 14.8 Å². The fourth-order valence-electron chi connectivity index (χ4n) is 3.80. The van der Waals surface area contributed by atoms with Crippen LogP contribution in [0.1, 0.15) is 31.1 Å². The van der Waals surface area contributed by atoms with Gasteiger partial charge in [0.25, 0.3) is 11.5 Å². The second kappa shape index (κ2) is 9.02. The summed E-state index contributed by atoms with van der Waals surface area (Å²) < 4.78 is 6.26. The standard InChI is InChI=1S/C25H26BrN3O4/c1-25(2,3)33-24(32)29-13-11-28(12-14-29)23(31)17-9-7-16(8-10-17)21-15-19-18(22(30)27-21)5-4-6-20(19)26/h4-10,15H,11-14H2,1-3H3,(H,27,30). The van der Waals surface area contributed by atoms with Gasteiger partial charge in [0, 0.05) is 52.7 Å². The van der Waals surface area contributed by atoms with Gasteiger partial charge in [-0.15, -0.1) is 0 Å². The predicted molar refractivity (Wildman–Crippen MR) is 131 cm³/mol. The average Bonchev–Trinajstić information content (AvgIpc) is 2.78. The summed E-state index contributed by atoms with van der Waals surface area (Å²) in [6.07, 6.45) is -0.352. The van der Waals surface area contributed by atoms with Crippen LogP contribution >= 0.6 is 15.9 Å². The maximum absolute atomic E-state index is 13.0. The molecule has 4 rings (SSSR count). The van der Waals surface area contributed by atoms with Crippen LogP contribution < -0.4 is 5.56 Å². The number of hydrogen-bond acceptors (Lipinski definition) is 4. The third kappa shape index (κ3) is 5.11. The number of pyridine rings is 1. The number of aromatic nitrogens is 1. The van der Waals surface area contributed by atoms with Crippen LogP contribution in [0.25, 0.3) is 22.0 Å². The monoisotopic (exact) mass is 511 g/mol. The molecule has 8 heteroatoms. The van der Waals surface area contributed by atoms with Crippen LogP contribution in [0.15, 0.2) is 57.8 Å². The van der Waals surface area contributed by atoms with Crippen molar-refractivity contribution in [1.29, 1.82) is 0 Å². The molecule has 33 heavy (non-hydrogen) atoms. The number of fused-ring (bicyclic) bond motifs is 1. The van der Waals surface area contributed by atoms with Crippen LogP contribution in [-0.4, -0.2) is 58.6 Å². The maximum atomic E-state index is 13.0. The lowest BCUT2D eigenvalue weighted by Gasteiger charge is -2.35. The first-order valence-electron chi connectivity index (χ1n) is 10.8. The quantitative estimate of drug-likeness (QED) is 0.542. The second-order valence-electron chi connectivity index (χ2n) is 9.05. The van der Waals surface area contributed by atoms with Gasteiger partial charge in [-0.1, -0.05) is 34.1 Å². The molecule has 2 heterocycles. The summed E-state index contributed by atoms with van der Waals surface area (Å²) in [7, 11) is 0. The third-order valence-electron chi connectivity index (χ3n) is 5.50. The largest absolute Gasteiger partial charge is 0.444 e. The first-order chi connectivity index (χ1) is 15.6. The van der Waals surface area contributed by atoms with E-state index in [0.29, 0.717) is 42.8 Å². The Labute approximate surface area is 200 Å². The number of rotatable bonds is 2. The van der Waals surface area contributed by atoms with Gasteiger partial charge < -0.3 is 19.5 Å². The van der Waals surface area contributed by atoms with Crippen molar-refractivity contribution in [3.05, 3.63) is 68.9 Å². The molecule has 3 aromatic rings.